The van der Waals surface area contributed by atoms with Gasteiger partial charge < -0.3 is 34.6 Å². The Morgan fingerprint density at radius 1 is 0.784 bits per heavy atom. The molecule has 1 fully saturated rings. The van der Waals surface area contributed by atoms with Crippen LogP contribution in [0.25, 0.3) is 5.69 Å². The molecule has 1 aromatic heterocycles. The maximum atomic E-state index is 11.6. The predicted octanol–water partition coefficient (Wildman–Crippen LogP) is 3.91. The van der Waals surface area contributed by atoms with Gasteiger partial charge in [0, 0.05) is 18.8 Å². The SMILES string of the molecule is CC1OC(C)OC(C)O1.Cc1cc(=O)n(-c2ccccc2)n1C.OC(O)C(Cl)(Cl)Cl.OC(O)C(Cl)(Cl)Cl. The first-order chi connectivity index (χ1) is 16.8. The number of nitrogens with zero attached hydrogens (tertiary/aromatic N) is 2. The Kier molecular flexibility index (Phi) is 16.6. The molecule has 4 N–H and O–H groups in total. The molecule has 0 unspecified atom stereocenters. The van der Waals surface area contributed by atoms with Gasteiger partial charge in [-0.25, -0.2) is 4.68 Å². The third kappa shape index (κ3) is 15.2. The Labute approximate surface area is 244 Å². The molecule has 2 aromatic rings. The Morgan fingerprint density at radius 2 is 1.11 bits per heavy atom. The van der Waals surface area contributed by atoms with Crippen LogP contribution in [-0.2, 0) is 21.3 Å². The minimum absolute atomic E-state index is 0.0104. The molecule has 10 nitrogen and oxygen atoms in total. The van der Waals surface area contributed by atoms with E-state index in [9.17, 15) is 4.79 Å². The second-order valence-electron chi connectivity index (χ2n) is 7.24. The van der Waals surface area contributed by atoms with Gasteiger partial charge in [-0.15, -0.1) is 0 Å². The lowest BCUT2D eigenvalue weighted by Crippen LogP contribution is -2.35. The van der Waals surface area contributed by atoms with Gasteiger partial charge >= 0.3 is 0 Å². The summed E-state index contributed by atoms with van der Waals surface area (Å²) in [5, 5.41) is 32.2. The number of hydrogen-bond donors (Lipinski definition) is 4. The third-order valence-electron chi connectivity index (χ3n) is 4.09. The maximum absolute atomic E-state index is 11.6. The molecule has 1 saturated heterocycles. The van der Waals surface area contributed by atoms with Crippen molar-refractivity contribution < 1.29 is 34.6 Å². The van der Waals surface area contributed by atoms with E-state index in [1.807, 2.05) is 69.8 Å². The standard InChI is InChI=1S/C11H12N2O.C6H12O3.2C2H3Cl3O2/c1-9-8-11(14)13(12(9)2)10-6-4-3-5-7-10;1-4-7-5(2)9-6(3)8-4;2*3-2(4,5)1(6)7/h3-8H,1-2H3;4-6H,1-3H3;2*1,6-7H. The summed E-state index contributed by atoms with van der Waals surface area (Å²) >= 11 is 29.4. The molecule has 214 valence electrons. The quantitative estimate of drug-likeness (QED) is 0.270. The van der Waals surface area contributed by atoms with Crippen molar-refractivity contribution in [3.8, 4) is 5.69 Å². The first-order valence-corrected chi connectivity index (χ1v) is 12.7. The normalized spacial score (nSPS) is 19.8. The van der Waals surface area contributed by atoms with E-state index < -0.39 is 20.2 Å². The van der Waals surface area contributed by atoms with Gasteiger partial charge in [0.15, 0.2) is 31.5 Å². The van der Waals surface area contributed by atoms with Crippen molar-refractivity contribution in [1.82, 2.24) is 9.36 Å². The number of aromatic nitrogens is 2. The molecule has 37 heavy (non-hydrogen) atoms. The average Bonchev–Trinajstić information content (AvgIpc) is 2.99. The van der Waals surface area contributed by atoms with Crippen LogP contribution in [0.4, 0.5) is 0 Å². The third-order valence-corrected chi connectivity index (χ3v) is 5.26. The minimum Gasteiger partial charge on any atom is -0.365 e. The molecule has 0 amide bonds. The van der Waals surface area contributed by atoms with Crippen molar-refractivity contribution in [1.29, 1.82) is 0 Å². The molecule has 0 radical (unpaired) electrons. The summed E-state index contributed by atoms with van der Waals surface area (Å²) in [5.74, 6) is 0. The van der Waals surface area contributed by atoms with Crippen molar-refractivity contribution in [2.24, 2.45) is 7.05 Å². The number of benzene rings is 1. The highest BCUT2D eigenvalue weighted by Gasteiger charge is 2.28. The van der Waals surface area contributed by atoms with E-state index in [0.29, 0.717) is 0 Å². The van der Waals surface area contributed by atoms with Crippen molar-refractivity contribution in [2.75, 3.05) is 0 Å². The topological polar surface area (TPSA) is 136 Å². The molecule has 0 spiro atoms. The number of halogens is 6. The van der Waals surface area contributed by atoms with Gasteiger partial charge in [-0.3, -0.25) is 9.48 Å². The fourth-order valence-corrected chi connectivity index (χ4v) is 2.41. The summed E-state index contributed by atoms with van der Waals surface area (Å²) in [4.78, 5) is 11.6. The molecular weight excluding hydrogens is 621 g/mol. The number of para-hydroxylation sites is 1. The van der Waals surface area contributed by atoms with Gasteiger partial charge in [0.2, 0.25) is 7.59 Å². The van der Waals surface area contributed by atoms with Gasteiger partial charge in [-0.05, 0) is 39.8 Å². The number of hydrogen-bond acceptors (Lipinski definition) is 8. The van der Waals surface area contributed by atoms with Crippen LogP contribution >= 0.6 is 69.6 Å². The highest BCUT2D eigenvalue weighted by Crippen LogP contribution is 2.29. The fourth-order valence-electron chi connectivity index (χ4n) is 2.41. The molecule has 1 aromatic carbocycles. The van der Waals surface area contributed by atoms with E-state index in [0.717, 1.165) is 11.4 Å². The van der Waals surface area contributed by atoms with Crippen molar-refractivity contribution in [3.63, 3.8) is 0 Å². The van der Waals surface area contributed by atoms with Crippen LogP contribution in [0.1, 0.15) is 26.5 Å². The summed E-state index contributed by atoms with van der Waals surface area (Å²) in [7, 11) is 1.88. The zero-order chi connectivity index (χ0) is 29.1. The summed E-state index contributed by atoms with van der Waals surface area (Å²) in [6.07, 6.45) is -4.22. The summed E-state index contributed by atoms with van der Waals surface area (Å²) < 4.78 is 14.9. The van der Waals surface area contributed by atoms with E-state index in [1.54, 1.807) is 10.7 Å². The van der Waals surface area contributed by atoms with Crippen LogP contribution in [-0.4, -0.2) is 68.8 Å². The Hall–Kier alpha value is -0.310. The minimum atomic E-state index is -1.97. The molecular formula is C21H30Cl6N2O8. The average molecular weight is 651 g/mol. The second-order valence-corrected chi connectivity index (χ2v) is 12.0. The van der Waals surface area contributed by atoms with Crippen LogP contribution in [0.15, 0.2) is 41.2 Å². The molecule has 0 aliphatic carbocycles. The van der Waals surface area contributed by atoms with Crippen LogP contribution in [0.5, 0.6) is 0 Å². The predicted molar refractivity (Wildman–Crippen MR) is 144 cm³/mol. The van der Waals surface area contributed by atoms with Crippen molar-refractivity contribution in [2.45, 2.75) is 66.7 Å². The Balaban J connectivity index is 0.000000494. The van der Waals surface area contributed by atoms with Crippen LogP contribution in [0.2, 0.25) is 0 Å². The number of aliphatic hydroxyl groups is 4. The molecule has 1 aliphatic heterocycles. The van der Waals surface area contributed by atoms with Crippen LogP contribution < -0.4 is 5.56 Å². The highest BCUT2D eigenvalue weighted by atomic mass is 35.6. The van der Waals surface area contributed by atoms with Gasteiger partial charge in [0.05, 0.1) is 5.69 Å². The molecule has 0 saturated carbocycles. The number of aliphatic hydroxyl groups excluding tert-OH is 2. The lowest BCUT2D eigenvalue weighted by Gasteiger charge is -2.30. The number of ether oxygens (including phenoxy) is 3. The fraction of sp³-hybridized carbons (Fsp3) is 0.571. The largest absolute Gasteiger partial charge is 0.365 e. The molecule has 2 heterocycles. The number of aryl methyl sites for hydroxylation is 1. The number of alkyl halides is 6. The number of rotatable bonds is 1. The second kappa shape index (κ2) is 16.7. The summed E-state index contributed by atoms with van der Waals surface area (Å²) in [6, 6.07) is 11.2. The van der Waals surface area contributed by atoms with E-state index in [4.69, 9.17) is 104 Å². The van der Waals surface area contributed by atoms with Gasteiger partial charge in [0.1, 0.15) is 0 Å². The lowest BCUT2D eigenvalue weighted by atomic mass is 10.3. The molecule has 0 atom stereocenters. The molecule has 0 bridgehead atoms. The summed E-state index contributed by atoms with van der Waals surface area (Å²) in [5.41, 5.74) is 1.86. The molecule has 16 heteroatoms. The van der Waals surface area contributed by atoms with Crippen LogP contribution in [0, 0.1) is 6.92 Å². The Bertz CT molecular complexity index is 918. The smallest absolute Gasteiger partial charge is 0.271 e. The van der Waals surface area contributed by atoms with Crippen molar-refractivity contribution >= 4 is 69.6 Å². The molecule has 3 rings (SSSR count). The van der Waals surface area contributed by atoms with Gasteiger partial charge in [-0.2, -0.15) is 0 Å². The van der Waals surface area contributed by atoms with E-state index in [1.165, 1.54) is 0 Å². The zero-order valence-corrected chi connectivity index (χ0v) is 25.0. The first kappa shape index (κ1) is 36.7. The lowest BCUT2D eigenvalue weighted by molar-refractivity contribution is -0.367. The van der Waals surface area contributed by atoms with Crippen molar-refractivity contribution in [3.05, 3.63) is 52.4 Å². The highest BCUT2D eigenvalue weighted by molar-refractivity contribution is 6.68. The van der Waals surface area contributed by atoms with E-state index in [-0.39, 0.29) is 24.4 Å². The maximum Gasteiger partial charge on any atom is 0.271 e. The van der Waals surface area contributed by atoms with E-state index >= 15 is 0 Å². The zero-order valence-electron chi connectivity index (χ0n) is 20.4. The summed E-state index contributed by atoms with van der Waals surface area (Å²) in [6.45, 7) is 7.49. The van der Waals surface area contributed by atoms with Gasteiger partial charge in [-0.1, -0.05) is 87.8 Å². The monoisotopic (exact) mass is 648 g/mol. The van der Waals surface area contributed by atoms with E-state index in [2.05, 4.69) is 0 Å². The van der Waals surface area contributed by atoms with Gasteiger partial charge in [0.25, 0.3) is 5.56 Å². The molecule has 1 aliphatic rings. The van der Waals surface area contributed by atoms with Crippen LogP contribution in [0.3, 0.4) is 0 Å². The Morgan fingerprint density at radius 3 is 1.35 bits per heavy atom. The first-order valence-electron chi connectivity index (χ1n) is 10.4.